The Kier molecular flexibility index (Phi) is 4.58. The Morgan fingerprint density at radius 1 is 1.33 bits per heavy atom. The van der Waals surface area contributed by atoms with Crippen molar-refractivity contribution in [1.29, 1.82) is 0 Å². The molecule has 130 valence electrons. The predicted molar refractivity (Wildman–Crippen MR) is 98.1 cm³/mol. The van der Waals surface area contributed by atoms with Gasteiger partial charge in [0.15, 0.2) is 0 Å². The van der Waals surface area contributed by atoms with Crippen LogP contribution in [0.1, 0.15) is 37.0 Å². The van der Waals surface area contributed by atoms with E-state index in [9.17, 15) is 4.79 Å². The van der Waals surface area contributed by atoms with E-state index in [0.717, 1.165) is 18.5 Å². The molecule has 1 atom stereocenters. The highest BCUT2D eigenvalue weighted by atomic mass is 35.5. The summed E-state index contributed by atoms with van der Waals surface area (Å²) < 4.78 is 5.34. The molecule has 3 aliphatic rings. The minimum absolute atomic E-state index is 0. The monoisotopic (exact) mass is 368 g/mol. The van der Waals surface area contributed by atoms with Gasteiger partial charge in [0.05, 0.1) is 5.02 Å². The zero-order valence-electron chi connectivity index (χ0n) is 13.8. The third kappa shape index (κ3) is 2.71. The number of hydrogen-bond donors (Lipinski definition) is 1. The van der Waals surface area contributed by atoms with Crippen LogP contribution >= 0.6 is 24.0 Å². The van der Waals surface area contributed by atoms with E-state index in [1.807, 2.05) is 6.07 Å². The van der Waals surface area contributed by atoms with Crippen LogP contribution in [0.5, 0.6) is 0 Å². The van der Waals surface area contributed by atoms with Crippen LogP contribution < -0.4 is 5.32 Å². The second-order valence-corrected chi connectivity index (χ2v) is 7.63. The molecular weight excluding hydrogens is 347 g/mol. The number of benzene rings is 1. The van der Waals surface area contributed by atoms with Gasteiger partial charge >= 0.3 is 0 Å². The van der Waals surface area contributed by atoms with Crippen LogP contribution in [0.25, 0.3) is 11.0 Å². The Balaban J connectivity index is 0.00000169. The number of furan rings is 1. The average molecular weight is 369 g/mol. The van der Waals surface area contributed by atoms with Crippen molar-refractivity contribution in [2.45, 2.75) is 38.3 Å². The van der Waals surface area contributed by atoms with Crippen LogP contribution in [-0.2, 0) is 0 Å². The third-order valence-electron chi connectivity index (χ3n) is 5.66. The number of amides is 1. The van der Waals surface area contributed by atoms with Crippen molar-refractivity contribution in [3.05, 3.63) is 35.0 Å². The summed E-state index contributed by atoms with van der Waals surface area (Å²) in [6.07, 6.45) is 3.84. The van der Waals surface area contributed by atoms with Gasteiger partial charge in [-0.3, -0.25) is 9.69 Å². The fourth-order valence-electron chi connectivity index (χ4n) is 4.24. The van der Waals surface area contributed by atoms with Crippen LogP contribution in [0.2, 0.25) is 5.02 Å². The SMILES string of the molecule is CC1(C)[C@H](NC(=O)c2ccc3occ(Cl)c3c2)C2CCN1CC2.Cl. The first kappa shape index (κ1) is 17.6. The number of halogens is 2. The molecule has 1 amide bonds. The zero-order valence-corrected chi connectivity index (χ0v) is 15.4. The fourth-order valence-corrected chi connectivity index (χ4v) is 4.43. The molecule has 3 fully saturated rings. The minimum Gasteiger partial charge on any atom is -0.463 e. The van der Waals surface area contributed by atoms with E-state index in [2.05, 4.69) is 24.1 Å². The summed E-state index contributed by atoms with van der Waals surface area (Å²) in [5.41, 5.74) is 1.34. The second-order valence-electron chi connectivity index (χ2n) is 7.22. The standard InChI is InChI=1S/C18H21ClN2O2.ClH/c1-18(2)16(11-5-7-21(18)8-6-11)20-17(22)12-3-4-15-13(9-12)14(19)10-23-15;/h3-4,9-11,16H,5-8H2,1-2H3,(H,20,22);1H/t16-;/m1./s1. The number of piperidine rings is 3. The summed E-state index contributed by atoms with van der Waals surface area (Å²) in [4.78, 5) is 15.2. The molecule has 1 N–H and O–H groups in total. The van der Waals surface area contributed by atoms with Gasteiger partial charge in [-0.1, -0.05) is 11.6 Å². The van der Waals surface area contributed by atoms with Crippen LogP contribution in [-0.4, -0.2) is 35.5 Å². The number of fused-ring (bicyclic) bond motifs is 4. The van der Waals surface area contributed by atoms with Crippen molar-refractivity contribution in [3.63, 3.8) is 0 Å². The van der Waals surface area contributed by atoms with Crippen LogP contribution in [0.3, 0.4) is 0 Å². The van der Waals surface area contributed by atoms with Gasteiger partial charge in [-0.15, -0.1) is 12.4 Å². The molecule has 1 aromatic carbocycles. The maximum Gasteiger partial charge on any atom is 0.251 e. The molecule has 3 saturated heterocycles. The van der Waals surface area contributed by atoms with Crippen molar-refractivity contribution in [3.8, 4) is 0 Å². The molecule has 6 heteroatoms. The lowest BCUT2D eigenvalue weighted by Crippen LogP contribution is -2.69. The average Bonchev–Trinajstić information content (AvgIpc) is 2.92. The molecule has 3 aliphatic heterocycles. The molecule has 24 heavy (non-hydrogen) atoms. The molecule has 0 unspecified atom stereocenters. The summed E-state index contributed by atoms with van der Waals surface area (Å²) >= 11 is 6.11. The molecule has 0 radical (unpaired) electrons. The van der Waals surface area contributed by atoms with Crippen LogP contribution in [0, 0.1) is 5.92 Å². The number of rotatable bonds is 2. The Labute approximate surface area is 152 Å². The van der Waals surface area contributed by atoms with Crippen LogP contribution in [0.4, 0.5) is 0 Å². The van der Waals surface area contributed by atoms with Crippen molar-refractivity contribution in [2.75, 3.05) is 13.1 Å². The number of hydrogen-bond acceptors (Lipinski definition) is 3. The highest BCUT2D eigenvalue weighted by Gasteiger charge is 2.48. The lowest BCUT2D eigenvalue weighted by atomic mass is 9.72. The Morgan fingerprint density at radius 3 is 2.71 bits per heavy atom. The molecular formula is C18H22Cl2N2O2. The smallest absolute Gasteiger partial charge is 0.251 e. The van der Waals surface area contributed by atoms with E-state index in [1.165, 1.54) is 19.1 Å². The van der Waals surface area contributed by atoms with E-state index in [4.69, 9.17) is 16.0 Å². The first-order valence-electron chi connectivity index (χ1n) is 8.19. The molecule has 0 aliphatic carbocycles. The van der Waals surface area contributed by atoms with E-state index < -0.39 is 0 Å². The van der Waals surface area contributed by atoms with Gasteiger partial charge in [0, 0.05) is 22.5 Å². The molecule has 0 spiro atoms. The number of carbonyl (C=O) groups excluding carboxylic acids is 1. The van der Waals surface area contributed by atoms with Gasteiger partial charge in [-0.25, -0.2) is 0 Å². The normalized spacial score (nSPS) is 27.7. The van der Waals surface area contributed by atoms with E-state index >= 15 is 0 Å². The van der Waals surface area contributed by atoms with Crippen molar-refractivity contribution < 1.29 is 9.21 Å². The maximum absolute atomic E-state index is 12.8. The Morgan fingerprint density at radius 2 is 2.04 bits per heavy atom. The number of carbonyl (C=O) groups is 1. The fraction of sp³-hybridized carbons (Fsp3) is 0.500. The van der Waals surface area contributed by atoms with E-state index in [0.29, 0.717) is 22.1 Å². The lowest BCUT2D eigenvalue weighted by molar-refractivity contribution is -0.0378. The summed E-state index contributed by atoms with van der Waals surface area (Å²) in [6.45, 7) is 6.75. The largest absolute Gasteiger partial charge is 0.463 e. The highest BCUT2D eigenvalue weighted by Crippen LogP contribution is 2.39. The second kappa shape index (κ2) is 6.25. The Bertz CT molecular complexity index is 763. The molecule has 2 aromatic rings. The summed E-state index contributed by atoms with van der Waals surface area (Å²) in [6, 6.07) is 5.60. The third-order valence-corrected chi connectivity index (χ3v) is 5.95. The zero-order chi connectivity index (χ0) is 16.2. The van der Waals surface area contributed by atoms with Gasteiger partial charge in [0.1, 0.15) is 11.8 Å². The molecule has 4 heterocycles. The first-order valence-corrected chi connectivity index (χ1v) is 8.57. The van der Waals surface area contributed by atoms with Gasteiger partial charge in [-0.2, -0.15) is 0 Å². The molecule has 0 saturated carbocycles. The minimum atomic E-state index is -0.0315. The summed E-state index contributed by atoms with van der Waals surface area (Å²) in [5.74, 6) is 0.538. The molecule has 4 nitrogen and oxygen atoms in total. The predicted octanol–water partition coefficient (Wildman–Crippen LogP) is 4.11. The molecule has 1 aromatic heterocycles. The molecule has 5 rings (SSSR count). The topological polar surface area (TPSA) is 45.5 Å². The van der Waals surface area contributed by atoms with Gasteiger partial charge in [0.2, 0.25) is 0 Å². The van der Waals surface area contributed by atoms with Gasteiger partial charge < -0.3 is 9.73 Å². The Hall–Kier alpha value is -1.23. The molecule has 2 bridgehead atoms. The van der Waals surface area contributed by atoms with Crippen molar-refractivity contribution in [2.24, 2.45) is 5.92 Å². The number of nitrogens with zero attached hydrogens (tertiary/aromatic N) is 1. The van der Waals surface area contributed by atoms with E-state index in [1.54, 1.807) is 12.1 Å². The van der Waals surface area contributed by atoms with Gasteiger partial charge in [-0.05, 0) is 63.9 Å². The quantitative estimate of drug-likeness (QED) is 0.867. The maximum atomic E-state index is 12.8. The van der Waals surface area contributed by atoms with Crippen molar-refractivity contribution >= 4 is 40.9 Å². The highest BCUT2D eigenvalue weighted by molar-refractivity contribution is 6.35. The summed E-state index contributed by atoms with van der Waals surface area (Å²) in [7, 11) is 0. The lowest BCUT2D eigenvalue weighted by Gasteiger charge is -2.56. The van der Waals surface area contributed by atoms with Crippen molar-refractivity contribution in [1.82, 2.24) is 10.2 Å². The first-order chi connectivity index (χ1) is 11.0. The van der Waals surface area contributed by atoms with Crippen LogP contribution in [0.15, 0.2) is 28.9 Å². The van der Waals surface area contributed by atoms with E-state index in [-0.39, 0.29) is 29.9 Å². The summed E-state index contributed by atoms with van der Waals surface area (Å²) in [5, 5.41) is 4.60. The van der Waals surface area contributed by atoms with Gasteiger partial charge in [0.25, 0.3) is 5.91 Å². The number of nitrogens with one attached hydrogen (secondary N) is 1.